The highest BCUT2D eigenvalue weighted by atomic mass is 19.1. The van der Waals surface area contributed by atoms with Crippen LogP contribution in [0.25, 0.3) is 0 Å². The monoisotopic (exact) mass is 240 g/mol. The normalized spacial score (nSPS) is 19.5. The Balaban J connectivity index is 2.37. The zero-order valence-corrected chi connectivity index (χ0v) is 10.5. The van der Waals surface area contributed by atoms with E-state index in [0.29, 0.717) is 18.7 Å². The minimum absolute atomic E-state index is 0.111. The van der Waals surface area contributed by atoms with Crippen LogP contribution in [0.5, 0.6) is 0 Å². The summed E-state index contributed by atoms with van der Waals surface area (Å²) >= 11 is 0. The van der Waals surface area contributed by atoms with Gasteiger partial charge in [0.2, 0.25) is 0 Å². The number of anilines is 1. The number of aryl methyl sites for hydroxylation is 1. The first-order valence-corrected chi connectivity index (χ1v) is 5.85. The molecule has 1 fully saturated rings. The van der Waals surface area contributed by atoms with Crippen LogP contribution < -0.4 is 10.2 Å². The number of rotatable bonds is 1. The van der Waals surface area contributed by atoms with Gasteiger partial charge in [0.05, 0.1) is 0 Å². The predicted octanol–water partition coefficient (Wildman–Crippen LogP) is 2.46. The SMILES string of the molecule is Cc1ccc(F)c(N2CCNC(C)(C)C2)c1F. The quantitative estimate of drug-likeness (QED) is 0.811. The van der Waals surface area contributed by atoms with Crippen molar-refractivity contribution in [2.24, 2.45) is 0 Å². The first-order chi connectivity index (χ1) is 7.91. The van der Waals surface area contributed by atoms with Crippen molar-refractivity contribution in [1.82, 2.24) is 5.32 Å². The summed E-state index contributed by atoms with van der Waals surface area (Å²) in [4.78, 5) is 1.79. The molecule has 17 heavy (non-hydrogen) atoms. The lowest BCUT2D eigenvalue weighted by Crippen LogP contribution is -2.57. The Morgan fingerprint density at radius 2 is 2.00 bits per heavy atom. The highest BCUT2D eigenvalue weighted by molar-refractivity contribution is 5.52. The summed E-state index contributed by atoms with van der Waals surface area (Å²) in [5.74, 6) is -0.923. The average molecular weight is 240 g/mol. The highest BCUT2D eigenvalue weighted by Gasteiger charge is 2.29. The minimum Gasteiger partial charge on any atom is -0.364 e. The summed E-state index contributed by atoms with van der Waals surface area (Å²) < 4.78 is 27.8. The van der Waals surface area contributed by atoms with E-state index < -0.39 is 11.6 Å². The Morgan fingerprint density at radius 1 is 1.29 bits per heavy atom. The lowest BCUT2D eigenvalue weighted by molar-refractivity contribution is 0.349. The third-order valence-electron chi connectivity index (χ3n) is 3.15. The molecule has 1 aliphatic heterocycles. The van der Waals surface area contributed by atoms with Crippen molar-refractivity contribution in [3.05, 3.63) is 29.3 Å². The summed E-state index contributed by atoms with van der Waals surface area (Å²) in [5, 5.41) is 3.33. The molecule has 2 nitrogen and oxygen atoms in total. The first kappa shape index (κ1) is 12.3. The van der Waals surface area contributed by atoms with E-state index in [-0.39, 0.29) is 11.2 Å². The van der Waals surface area contributed by atoms with Crippen molar-refractivity contribution in [3.8, 4) is 0 Å². The molecule has 0 radical (unpaired) electrons. The lowest BCUT2D eigenvalue weighted by Gasteiger charge is -2.40. The van der Waals surface area contributed by atoms with E-state index >= 15 is 0 Å². The van der Waals surface area contributed by atoms with Crippen LogP contribution in [-0.2, 0) is 0 Å². The van der Waals surface area contributed by atoms with E-state index in [1.54, 1.807) is 11.8 Å². The van der Waals surface area contributed by atoms with Gasteiger partial charge >= 0.3 is 0 Å². The number of nitrogens with zero attached hydrogens (tertiary/aromatic N) is 1. The van der Waals surface area contributed by atoms with Crippen LogP contribution in [0.4, 0.5) is 14.5 Å². The van der Waals surface area contributed by atoms with Crippen LogP contribution in [0.15, 0.2) is 12.1 Å². The second-order valence-corrected chi connectivity index (χ2v) is 5.26. The lowest BCUT2D eigenvalue weighted by atomic mass is 10.0. The molecular formula is C13H18F2N2. The molecule has 94 valence electrons. The standard InChI is InChI=1S/C13H18F2N2/c1-9-4-5-10(14)12(11(9)15)17-7-6-16-13(2,3)8-17/h4-5,16H,6-8H2,1-3H3. The Labute approximate surface area is 101 Å². The maximum absolute atomic E-state index is 14.0. The molecule has 0 aromatic heterocycles. The zero-order chi connectivity index (χ0) is 12.6. The zero-order valence-electron chi connectivity index (χ0n) is 10.5. The molecule has 0 aliphatic carbocycles. The maximum atomic E-state index is 14.0. The van der Waals surface area contributed by atoms with Crippen LogP contribution in [0.1, 0.15) is 19.4 Å². The van der Waals surface area contributed by atoms with Crippen LogP contribution in [0.2, 0.25) is 0 Å². The first-order valence-electron chi connectivity index (χ1n) is 5.85. The number of hydrogen-bond donors (Lipinski definition) is 1. The van der Waals surface area contributed by atoms with Crippen molar-refractivity contribution >= 4 is 5.69 Å². The van der Waals surface area contributed by atoms with Crippen LogP contribution >= 0.6 is 0 Å². The van der Waals surface area contributed by atoms with Crippen LogP contribution in [0, 0.1) is 18.6 Å². The Bertz CT molecular complexity index is 430. The fourth-order valence-corrected chi connectivity index (χ4v) is 2.26. The number of benzene rings is 1. The molecule has 1 aliphatic rings. The average Bonchev–Trinajstić information content (AvgIpc) is 2.23. The third kappa shape index (κ3) is 2.41. The summed E-state index contributed by atoms with van der Waals surface area (Å²) in [6.07, 6.45) is 0. The topological polar surface area (TPSA) is 15.3 Å². The van der Waals surface area contributed by atoms with E-state index in [9.17, 15) is 8.78 Å². The molecule has 0 spiro atoms. The second-order valence-electron chi connectivity index (χ2n) is 5.26. The van der Waals surface area contributed by atoms with Crippen molar-refractivity contribution < 1.29 is 8.78 Å². The van der Waals surface area contributed by atoms with E-state index in [2.05, 4.69) is 5.32 Å². The van der Waals surface area contributed by atoms with Gasteiger partial charge in [-0.05, 0) is 32.4 Å². The number of hydrogen-bond acceptors (Lipinski definition) is 2. The van der Waals surface area contributed by atoms with E-state index in [4.69, 9.17) is 0 Å². The Kier molecular flexibility index (Phi) is 3.08. The Hall–Kier alpha value is -1.16. The van der Waals surface area contributed by atoms with Gasteiger partial charge in [0, 0.05) is 25.2 Å². The van der Waals surface area contributed by atoms with Gasteiger partial charge in [-0.15, -0.1) is 0 Å². The summed E-state index contributed by atoms with van der Waals surface area (Å²) in [6.45, 7) is 7.69. The fourth-order valence-electron chi connectivity index (χ4n) is 2.26. The minimum atomic E-state index is -0.481. The Morgan fingerprint density at radius 3 is 2.65 bits per heavy atom. The molecule has 1 saturated heterocycles. The van der Waals surface area contributed by atoms with Crippen LogP contribution in [0.3, 0.4) is 0 Å². The van der Waals surface area contributed by atoms with Gasteiger partial charge in [-0.25, -0.2) is 8.78 Å². The highest BCUT2D eigenvalue weighted by Crippen LogP contribution is 2.28. The van der Waals surface area contributed by atoms with E-state index in [1.165, 1.54) is 12.1 Å². The number of piperazine rings is 1. The van der Waals surface area contributed by atoms with Crippen molar-refractivity contribution in [2.45, 2.75) is 26.3 Å². The van der Waals surface area contributed by atoms with Gasteiger partial charge in [0.25, 0.3) is 0 Å². The molecule has 1 aromatic carbocycles. The van der Waals surface area contributed by atoms with Gasteiger partial charge < -0.3 is 10.2 Å². The molecular weight excluding hydrogens is 222 g/mol. The van der Waals surface area contributed by atoms with Gasteiger partial charge in [-0.1, -0.05) is 6.07 Å². The van der Waals surface area contributed by atoms with Crippen molar-refractivity contribution in [2.75, 3.05) is 24.5 Å². The number of halogens is 2. The molecule has 4 heteroatoms. The molecule has 1 heterocycles. The fraction of sp³-hybridized carbons (Fsp3) is 0.538. The van der Waals surface area contributed by atoms with Gasteiger partial charge in [-0.2, -0.15) is 0 Å². The van der Waals surface area contributed by atoms with E-state index in [0.717, 1.165) is 6.54 Å². The van der Waals surface area contributed by atoms with Crippen molar-refractivity contribution in [3.63, 3.8) is 0 Å². The largest absolute Gasteiger partial charge is 0.364 e. The molecule has 0 atom stereocenters. The third-order valence-corrected chi connectivity index (χ3v) is 3.15. The summed E-state index contributed by atoms with van der Waals surface area (Å²) in [6, 6.07) is 2.81. The van der Waals surface area contributed by atoms with Gasteiger partial charge in [0.15, 0.2) is 5.82 Å². The van der Waals surface area contributed by atoms with Crippen molar-refractivity contribution in [1.29, 1.82) is 0 Å². The van der Waals surface area contributed by atoms with Gasteiger partial charge in [-0.3, -0.25) is 0 Å². The summed E-state index contributed by atoms with van der Waals surface area (Å²) in [5.41, 5.74) is 0.471. The molecule has 1 N–H and O–H groups in total. The van der Waals surface area contributed by atoms with Gasteiger partial charge in [0.1, 0.15) is 11.5 Å². The molecule has 2 rings (SSSR count). The molecule has 0 bridgehead atoms. The molecule has 1 aromatic rings. The molecule has 0 amide bonds. The maximum Gasteiger partial charge on any atom is 0.152 e. The molecule has 0 unspecified atom stereocenters. The van der Waals surface area contributed by atoms with E-state index in [1.807, 2.05) is 13.8 Å². The second kappa shape index (κ2) is 4.26. The predicted molar refractivity (Wildman–Crippen MR) is 65.4 cm³/mol. The molecule has 0 saturated carbocycles. The smallest absolute Gasteiger partial charge is 0.152 e. The number of nitrogens with one attached hydrogen (secondary N) is 1. The summed E-state index contributed by atoms with van der Waals surface area (Å²) in [7, 11) is 0. The van der Waals surface area contributed by atoms with Crippen LogP contribution in [-0.4, -0.2) is 25.2 Å².